The normalized spacial score (nSPS) is 16.1. The Hall–Kier alpha value is -5.50. The lowest BCUT2D eigenvalue weighted by Crippen LogP contribution is -2.36. The van der Waals surface area contributed by atoms with Gasteiger partial charge in [-0.05, 0) is 119 Å². The number of carbonyl (C=O) groups is 4. The minimum atomic E-state index is -0.441. The highest BCUT2D eigenvalue weighted by Crippen LogP contribution is 2.48. The smallest absolute Gasteiger partial charge is 0.246 e. The number of aromatic nitrogens is 2. The fourth-order valence-electron chi connectivity index (χ4n) is 9.73. The molecule has 2 fully saturated rings. The van der Waals surface area contributed by atoms with Crippen molar-refractivity contribution in [2.24, 2.45) is 0 Å². The Morgan fingerprint density at radius 1 is 0.701 bits per heavy atom. The van der Waals surface area contributed by atoms with E-state index in [1.807, 2.05) is 43.5 Å². The van der Waals surface area contributed by atoms with Gasteiger partial charge in [0.15, 0.2) is 0 Å². The molecule has 4 aromatic heterocycles. The summed E-state index contributed by atoms with van der Waals surface area (Å²) in [4.78, 5) is 63.7. The molecular weight excluding hydrogens is 941 g/mol. The number of pyridine rings is 2. The maximum atomic E-state index is 12.8. The third-order valence-corrected chi connectivity index (χ3v) is 16.5. The number of carbonyl (C=O) groups excluding carboxylic acids is 4. The number of thiophene rings is 2. The molecule has 2 aliphatic carbocycles. The molecular formula is C54H63BrN6O4S2. The molecule has 4 amide bonds. The SMILES string of the molecule is C.C.C=CC(=O)N(C)Cc1sc2ccccc2c1C.Cc1c(CN(C)C(=O)/C=C/c2cnc3c(c2)C2(CCCCC2)C(=O)N3)sc2ccccc12.O=C1Nc2ncc(Br)cc2C12CCCCC2. The molecule has 2 saturated carbocycles. The first-order valence-electron chi connectivity index (χ1n) is 22.4. The Bertz CT molecular complexity index is 2840. The third kappa shape index (κ3) is 10.3. The molecule has 0 atom stereocenters. The summed E-state index contributed by atoms with van der Waals surface area (Å²) in [5.41, 5.74) is 4.72. The Labute approximate surface area is 412 Å². The maximum absolute atomic E-state index is 12.8. The first-order valence-corrected chi connectivity index (χ1v) is 24.8. The molecule has 2 aliphatic heterocycles. The summed E-state index contributed by atoms with van der Waals surface area (Å²) >= 11 is 6.93. The van der Waals surface area contributed by atoms with Gasteiger partial charge in [-0.25, -0.2) is 9.97 Å². The number of likely N-dealkylation sites (N-methyl/N-ethyl adjacent to an activating group) is 2. The van der Waals surface area contributed by atoms with Crippen molar-refractivity contribution in [3.8, 4) is 0 Å². The molecule has 2 N–H and O–H groups in total. The van der Waals surface area contributed by atoms with Crippen LogP contribution in [0.25, 0.3) is 26.2 Å². The number of nitrogens with zero attached hydrogens (tertiary/aromatic N) is 4. The van der Waals surface area contributed by atoms with Crippen LogP contribution in [0.15, 0.2) is 96.3 Å². The van der Waals surface area contributed by atoms with Crippen LogP contribution >= 0.6 is 38.6 Å². The summed E-state index contributed by atoms with van der Waals surface area (Å²) in [6.07, 6.45) is 18.7. The number of benzene rings is 2. The zero-order chi connectivity index (χ0) is 45.9. The van der Waals surface area contributed by atoms with Gasteiger partial charge in [0.2, 0.25) is 23.6 Å². The number of halogens is 1. The van der Waals surface area contributed by atoms with Crippen LogP contribution in [0.4, 0.5) is 11.6 Å². The van der Waals surface area contributed by atoms with Gasteiger partial charge in [-0.15, -0.1) is 22.7 Å². The van der Waals surface area contributed by atoms with Crippen LogP contribution in [0, 0.1) is 13.8 Å². The van der Waals surface area contributed by atoms with E-state index in [9.17, 15) is 19.2 Å². The molecule has 6 aromatic rings. The summed E-state index contributed by atoms with van der Waals surface area (Å²) in [5.74, 6) is 1.57. The lowest BCUT2D eigenvalue weighted by atomic mass is 9.70. The van der Waals surface area contributed by atoms with Gasteiger partial charge >= 0.3 is 0 Å². The van der Waals surface area contributed by atoms with E-state index in [2.05, 4.69) is 87.3 Å². The molecule has 0 unspecified atom stereocenters. The van der Waals surface area contributed by atoms with Gasteiger partial charge in [0.1, 0.15) is 11.6 Å². The second kappa shape index (κ2) is 21.6. The quantitative estimate of drug-likeness (QED) is 0.154. The molecule has 0 bridgehead atoms. The van der Waals surface area contributed by atoms with Crippen LogP contribution in [-0.4, -0.2) is 57.5 Å². The summed E-state index contributed by atoms with van der Waals surface area (Å²) in [5, 5.41) is 8.42. The van der Waals surface area contributed by atoms with E-state index in [4.69, 9.17) is 0 Å². The van der Waals surface area contributed by atoms with Gasteiger partial charge in [-0.2, -0.15) is 0 Å². The monoisotopic (exact) mass is 1000 g/mol. The number of nitrogens with one attached hydrogen (secondary N) is 2. The third-order valence-electron chi connectivity index (χ3n) is 13.5. The molecule has 6 heterocycles. The van der Waals surface area contributed by atoms with Gasteiger partial charge in [0.25, 0.3) is 0 Å². The minimum Gasteiger partial charge on any atom is -0.337 e. The number of amides is 4. The molecule has 10 rings (SSSR count). The van der Waals surface area contributed by atoms with Crippen LogP contribution < -0.4 is 10.6 Å². The zero-order valence-electron chi connectivity index (χ0n) is 37.5. The first-order chi connectivity index (χ1) is 31.3. The molecule has 0 saturated heterocycles. The van der Waals surface area contributed by atoms with E-state index in [0.29, 0.717) is 18.9 Å². The van der Waals surface area contributed by atoms with Crippen LogP contribution in [0.5, 0.6) is 0 Å². The maximum Gasteiger partial charge on any atom is 0.246 e. The molecule has 10 nitrogen and oxygen atoms in total. The molecule has 4 aliphatic rings. The highest BCUT2D eigenvalue weighted by atomic mass is 79.9. The van der Waals surface area contributed by atoms with Gasteiger partial charge < -0.3 is 20.4 Å². The van der Waals surface area contributed by atoms with Crippen molar-refractivity contribution >= 4 is 100 Å². The number of rotatable bonds is 7. The lowest BCUT2D eigenvalue weighted by Gasteiger charge is -2.31. The van der Waals surface area contributed by atoms with E-state index in [1.165, 1.54) is 60.0 Å². The number of fused-ring (bicyclic) bond motifs is 6. The van der Waals surface area contributed by atoms with Crippen molar-refractivity contribution in [3.63, 3.8) is 0 Å². The Morgan fingerprint density at radius 2 is 1.15 bits per heavy atom. The molecule has 352 valence electrons. The van der Waals surface area contributed by atoms with Crippen molar-refractivity contribution in [1.29, 1.82) is 0 Å². The highest BCUT2D eigenvalue weighted by Gasteiger charge is 2.49. The van der Waals surface area contributed by atoms with E-state index < -0.39 is 5.41 Å². The van der Waals surface area contributed by atoms with Crippen molar-refractivity contribution in [2.45, 2.75) is 117 Å². The highest BCUT2D eigenvalue weighted by molar-refractivity contribution is 9.10. The number of hydrogen-bond donors (Lipinski definition) is 2. The summed E-state index contributed by atoms with van der Waals surface area (Å²) in [6, 6.07) is 20.8. The summed E-state index contributed by atoms with van der Waals surface area (Å²) in [7, 11) is 3.63. The van der Waals surface area contributed by atoms with E-state index in [-0.39, 0.29) is 43.9 Å². The van der Waals surface area contributed by atoms with Gasteiger partial charge in [-0.3, -0.25) is 19.2 Å². The Kier molecular flexibility index (Phi) is 16.4. The van der Waals surface area contributed by atoms with Gasteiger partial charge in [0.05, 0.1) is 23.9 Å². The zero-order valence-corrected chi connectivity index (χ0v) is 40.7. The fraction of sp³-hybridized carbons (Fsp3) is 0.370. The second-order valence-corrected chi connectivity index (χ2v) is 20.8. The first kappa shape index (κ1) is 50.9. The Morgan fingerprint density at radius 3 is 1.63 bits per heavy atom. The van der Waals surface area contributed by atoms with Crippen molar-refractivity contribution < 1.29 is 19.2 Å². The molecule has 0 radical (unpaired) electrons. The average Bonchev–Trinajstić information content (AvgIpc) is 3.99. The van der Waals surface area contributed by atoms with Crippen LogP contribution in [0.2, 0.25) is 0 Å². The predicted octanol–water partition coefficient (Wildman–Crippen LogP) is 13.1. The van der Waals surface area contributed by atoms with Gasteiger partial charge in [0, 0.05) is 67.3 Å². The second-order valence-electron chi connectivity index (χ2n) is 17.6. The van der Waals surface area contributed by atoms with Crippen LogP contribution in [0.1, 0.15) is 117 Å². The van der Waals surface area contributed by atoms with Crippen molar-refractivity contribution in [2.75, 3.05) is 24.7 Å². The predicted molar refractivity (Wildman–Crippen MR) is 282 cm³/mol. The van der Waals surface area contributed by atoms with Crippen LogP contribution in [-0.2, 0) is 43.1 Å². The van der Waals surface area contributed by atoms with Crippen LogP contribution in [0.3, 0.4) is 0 Å². The molecule has 67 heavy (non-hydrogen) atoms. The minimum absolute atomic E-state index is 0. The number of aryl methyl sites for hydroxylation is 2. The van der Waals surface area contributed by atoms with E-state index >= 15 is 0 Å². The summed E-state index contributed by atoms with van der Waals surface area (Å²) in [6.45, 7) is 8.96. The number of hydrogen-bond acceptors (Lipinski definition) is 8. The largest absolute Gasteiger partial charge is 0.337 e. The topological polar surface area (TPSA) is 125 Å². The molecule has 13 heteroatoms. The lowest BCUT2D eigenvalue weighted by molar-refractivity contribution is -0.125. The van der Waals surface area contributed by atoms with Crippen molar-refractivity contribution in [3.05, 3.63) is 134 Å². The standard InChI is InChI=1S/C26H27N3O2S.C14H15NOS.C12H13BrN2O.2CH4/c1-17-19-8-4-5-9-21(19)32-22(17)16-29(2)23(30)11-10-18-14-20-24(27-15-18)28-25(31)26(20)12-6-3-7-13-26;1-4-14(16)15(3)9-13-10(2)11-7-5-6-8-12(11)17-13;13-8-6-9-10(14-7-8)15-11(16)12(9)4-2-1-3-5-12;;/h4-5,8-11,14-15H,3,6-7,12-13,16H2,1-2H3,(H,27,28,31);4-8H,1,9H2,2-3H3;6-7H,1-5H2,(H,14,15,16);2*1H4/b11-10+;;;;. The van der Waals surface area contributed by atoms with Gasteiger partial charge in [-0.1, -0.05) is 96.4 Å². The molecule has 2 aromatic carbocycles. The van der Waals surface area contributed by atoms with E-state index in [0.717, 1.165) is 78.3 Å². The van der Waals surface area contributed by atoms with Crippen molar-refractivity contribution in [1.82, 2.24) is 19.8 Å². The number of anilines is 2. The molecule has 2 spiro atoms. The summed E-state index contributed by atoms with van der Waals surface area (Å²) < 4.78 is 3.48. The Balaban J connectivity index is 0.000000179. The average molecular weight is 1000 g/mol. The van der Waals surface area contributed by atoms with E-state index in [1.54, 1.807) is 58.0 Å². The fourth-order valence-corrected chi connectivity index (χ4v) is 12.6.